The lowest BCUT2D eigenvalue weighted by Crippen LogP contribution is -2.34. The van der Waals surface area contributed by atoms with Crippen molar-refractivity contribution in [3.05, 3.63) is 82.8 Å². The van der Waals surface area contributed by atoms with Crippen LogP contribution in [0, 0.1) is 12.3 Å². The molecule has 0 spiro atoms. The van der Waals surface area contributed by atoms with Crippen molar-refractivity contribution < 1.29 is 24.3 Å². The summed E-state index contributed by atoms with van der Waals surface area (Å²) < 4.78 is 0. The van der Waals surface area contributed by atoms with Crippen LogP contribution < -0.4 is 0 Å². The molecule has 0 saturated heterocycles. The second-order valence-corrected chi connectivity index (χ2v) is 9.35. The van der Waals surface area contributed by atoms with Crippen molar-refractivity contribution in [3.63, 3.8) is 0 Å². The second-order valence-electron chi connectivity index (χ2n) is 9.35. The van der Waals surface area contributed by atoms with Crippen molar-refractivity contribution >= 4 is 28.7 Å². The van der Waals surface area contributed by atoms with Gasteiger partial charge in [0.05, 0.1) is 11.6 Å². The number of carbonyl (C=O) groups is 2. The zero-order valence-electron chi connectivity index (χ0n) is 19.7. The van der Waals surface area contributed by atoms with Crippen LogP contribution in [0.4, 0.5) is 0 Å². The fourth-order valence-corrected chi connectivity index (χ4v) is 4.19. The molecule has 0 fully saturated rings. The Morgan fingerprint density at radius 1 is 1.09 bits per heavy atom. The van der Waals surface area contributed by atoms with Crippen LogP contribution in [-0.2, 0) is 25.6 Å². The van der Waals surface area contributed by atoms with E-state index in [9.17, 15) is 14.7 Å². The van der Waals surface area contributed by atoms with Gasteiger partial charge in [-0.25, -0.2) is 0 Å². The lowest BCUT2D eigenvalue weighted by atomic mass is 9.82. The van der Waals surface area contributed by atoms with E-state index in [0.29, 0.717) is 13.0 Å². The number of benzene rings is 2. The number of ketones is 1. The van der Waals surface area contributed by atoms with E-state index < -0.39 is 23.1 Å². The van der Waals surface area contributed by atoms with Crippen LogP contribution >= 0.6 is 0 Å². The molecule has 1 amide bonds. The van der Waals surface area contributed by atoms with Crippen molar-refractivity contribution in [2.45, 2.75) is 40.2 Å². The average Bonchev–Trinajstić information content (AvgIpc) is 3.31. The first-order chi connectivity index (χ1) is 16.1. The quantitative estimate of drug-likeness (QED) is 0.585. The van der Waals surface area contributed by atoms with Gasteiger partial charge in [-0.05, 0) is 30.5 Å². The Kier molecular flexibility index (Phi) is 7.18. The zero-order chi connectivity index (χ0) is 25.0. The number of aliphatic hydroxyl groups excluding tert-OH is 1. The minimum Gasteiger partial charge on any atom is -0.503 e. The number of fused-ring (bicyclic) bond motifs is 1. The molecule has 3 aromatic rings. The molecule has 1 unspecified atom stereocenters. The summed E-state index contributed by atoms with van der Waals surface area (Å²) in [6.45, 7) is 7.81. The van der Waals surface area contributed by atoms with Crippen molar-refractivity contribution in [2.24, 2.45) is 5.41 Å². The Morgan fingerprint density at radius 3 is 2.32 bits per heavy atom. The first kappa shape index (κ1) is 24.7. The summed E-state index contributed by atoms with van der Waals surface area (Å²) in [5.74, 6) is -1.12. The highest BCUT2D eigenvalue weighted by Crippen LogP contribution is 2.41. The van der Waals surface area contributed by atoms with Crippen molar-refractivity contribution in [2.75, 3.05) is 6.54 Å². The van der Waals surface area contributed by atoms with Crippen LogP contribution in [0.2, 0.25) is 0 Å². The number of nitrogens with zero attached hydrogens (tertiary/aromatic N) is 1. The predicted molar refractivity (Wildman–Crippen MR) is 127 cm³/mol. The van der Waals surface area contributed by atoms with Crippen LogP contribution in [0.3, 0.4) is 0 Å². The molecule has 34 heavy (non-hydrogen) atoms. The van der Waals surface area contributed by atoms with Crippen LogP contribution in [0.15, 0.2) is 66.1 Å². The van der Waals surface area contributed by atoms with E-state index in [1.54, 1.807) is 25.7 Å². The molecule has 1 aliphatic heterocycles. The van der Waals surface area contributed by atoms with Crippen molar-refractivity contribution in [1.29, 1.82) is 0 Å². The molecule has 0 aliphatic carbocycles. The molecule has 0 bridgehead atoms. The third-order valence-corrected chi connectivity index (χ3v) is 5.92. The third-order valence-electron chi connectivity index (χ3n) is 5.92. The number of aromatic nitrogens is 1. The van der Waals surface area contributed by atoms with E-state index in [4.69, 9.17) is 9.59 Å². The van der Waals surface area contributed by atoms with Gasteiger partial charge < -0.3 is 15.0 Å². The molecule has 2 aromatic carbocycles. The van der Waals surface area contributed by atoms with E-state index in [1.165, 1.54) is 0 Å². The largest absolute Gasteiger partial charge is 0.503 e. The van der Waals surface area contributed by atoms with Gasteiger partial charge in [0.2, 0.25) is 0 Å². The number of H-pyrrole nitrogens is 1. The van der Waals surface area contributed by atoms with Crippen LogP contribution in [0.5, 0.6) is 0 Å². The van der Waals surface area contributed by atoms with Gasteiger partial charge in [-0.2, -0.15) is 9.59 Å². The number of para-hydroxylation sites is 1. The molecule has 7 nitrogen and oxygen atoms in total. The number of hydrogen-bond donors (Lipinski definition) is 2. The fourth-order valence-electron chi connectivity index (χ4n) is 4.19. The Morgan fingerprint density at radius 2 is 1.71 bits per heavy atom. The molecule has 1 aliphatic rings. The second kappa shape index (κ2) is 9.89. The van der Waals surface area contributed by atoms with Gasteiger partial charge in [-0.1, -0.05) is 68.8 Å². The maximum Gasteiger partial charge on any atom is 0.373 e. The summed E-state index contributed by atoms with van der Waals surface area (Å²) in [5.41, 5.74) is 3.55. The molecule has 176 valence electrons. The molecule has 2 heterocycles. The number of hydrogen-bond acceptors (Lipinski definition) is 5. The minimum absolute atomic E-state index is 0.195. The number of Topliss-reactive ketones (excluding diaryl/α,β-unsaturated/α-hetero) is 1. The van der Waals surface area contributed by atoms with Gasteiger partial charge in [-0.3, -0.25) is 9.59 Å². The number of carbonyl (C=O) groups excluding carboxylic acids is 4. The van der Waals surface area contributed by atoms with Crippen molar-refractivity contribution in [1.82, 2.24) is 9.88 Å². The topological polar surface area (TPSA) is 108 Å². The number of amides is 1. The highest BCUT2D eigenvalue weighted by Gasteiger charge is 2.45. The highest BCUT2D eigenvalue weighted by molar-refractivity contribution is 6.10. The van der Waals surface area contributed by atoms with Gasteiger partial charge in [0.25, 0.3) is 5.91 Å². The summed E-state index contributed by atoms with van der Waals surface area (Å²) in [5, 5.41) is 11.9. The lowest BCUT2D eigenvalue weighted by Gasteiger charge is -2.29. The number of aryl methyl sites for hydroxylation is 1. The van der Waals surface area contributed by atoms with Crippen LogP contribution in [-0.4, -0.2) is 39.4 Å². The number of aromatic amines is 1. The molecule has 7 heteroatoms. The maximum atomic E-state index is 13.2. The minimum atomic E-state index is -0.709. The summed E-state index contributed by atoms with van der Waals surface area (Å²) >= 11 is 0. The Labute approximate surface area is 198 Å². The molecule has 0 radical (unpaired) electrons. The van der Waals surface area contributed by atoms with Gasteiger partial charge in [0.15, 0.2) is 11.5 Å². The Hall–Kier alpha value is -3.96. The smallest absolute Gasteiger partial charge is 0.373 e. The van der Waals surface area contributed by atoms with E-state index in [2.05, 4.69) is 11.1 Å². The highest BCUT2D eigenvalue weighted by atomic mass is 16.3. The first-order valence-electron chi connectivity index (χ1n) is 11.0. The molecule has 1 aromatic heterocycles. The maximum absolute atomic E-state index is 13.2. The SMILES string of the molecule is Cc1ccc(C2C(C(=O)C(C)(C)C)=C(O)C(=O)N2CCc2c[nH]c3ccccc23)cc1.O=C=O. The zero-order valence-corrected chi connectivity index (χ0v) is 19.7. The van der Waals surface area contributed by atoms with Crippen LogP contribution in [0.1, 0.15) is 43.5 Å². The third kappa shape index (κ3) is 4.85. The van der Waals surface area contributed by atoms with E-state index >= 15 is 0 Å². The Balaban J connectivity index is 0.00000103. The summed E-state index contributed by atoms with van der Waals surface area (Å²) in [4.78, 5) is 47.4. The van der Waals surface area contributed by atoms with Gasteiger partial charge in [0.1, 0.15) is 0 Å². The monoisotopic (exact) mass is 460 g/mol. The molecule has 2 N–H and O–H groups in total. The molecule has 0 saturated carbocycles. The number of aliphatic hydroxyl groups is 1. The van der Waals surface area contributed by atoms with E-state index in [1.807, 2.05) is 55.6 Å². The standard InChI is InChI=1S/C26H28N2O3.CO2/c1-16-9-11-17(12-10-16)22-21(24(30)26(2,3)4)23(29)25(31)28(22)14-13-18-15-27-20-8-6-5-7-19(18)20;2-1-3/h5-12,15,22,27,29H,13-14H2,1-4H3;. The summed E-state index contributed by atoms with van der Waals surface area (Å²) in [7, 11) is 0. The lowest BCUT2D eigenvalue weighted by molar-refractivity contribution is -0.191. The van der Waals surface area contributed by atoms with Gasteiger partial charge in [0, 0.05) is 29.1 Å². The molecular formula is C27H28N2O5. The summed E-state index contributed by atoms with van der Waals surface area (Å²) in [6.07, 6.45) is 2.82. The average molecular weight is 461 g/mol. The first-order valence-corrected chi connectivity index (χ1v) is 11.0. The molecule has 4 rings (SSSR count). The molecule has 1 atom stereocenters. The number of rotatable bonds is 5. The van der Waals surface area contributed by atoms with Crippen molar-refractivity contribution in [3.8, 4) is 0 Å². The van der Waals surface area contributed by atoms with Gasteiger partial charge >= 0.3 is 6.15 Å². The molecular weight excluding hydrogens is 432 g/mol. The van der Waals surface area contributed by atoms with E-state index in [0.717, 1.165) is 27.6 Å². The fraction of sp³-hybridized carbons (Fsp3) is 0.296. The predicted octanol–water partition coefficient (Wildman–Crippen LogP) is 4.45. The normalized spacial score (nSPS) is 15.8. The van der Waals surface area contributed by atoms with E-state index in [-0.39, 0.29) is 17.5 Å². The van der Waals surface area contributed by atoms with Crippen LogP contribution in [0.25, 0.3) is 10.9 Å². The Bertz CT molecular complexity index is 1270. The van der Waals surface area contributed by atoms with Gasteiger partial charge in [-0.15, -0.1) is 0 Å². The number of nitrogens with one attached hydrogen (secondary N) is 1. The summed E-state index contributed by atoms with van der Waals surface area (Å²) in [6, 6.07) is 15.2.